The van der Waals surface area contributed by atoms with Crippen LogP contribution in [0.4, 0.5) is 5.13 Å². The van der Waals surface area contributed by atoms with Gasteiger partial charge in [0.05, 0.1) is 18.4 Å². The van der Waals surface area contributed by atoms with Gasteiger partial charge in [0.2, 0.25) is 6.79 Å². The highest BCUT2D eigenvalue weighted by molar-refractivity contribution is 7.14. The lowest BCUT2D eigenvalue weighted by Crippen LogP contribution is -2.12. The Morgan fingerprint density at radius 1 is 1.14 bits per heavy atom. The topological polar surface area (TPSA) is 91.2 Å². The van der Waals surface area contributed by atoms with E-state index in [1.807, 2.05) is 53.9 Å². The fraction of sp³-hybridized carbons (Fsp3) is 0.100. The highest BCUT2D eigenvalue weighted by Gasteiger charge is 2.17. The van der Waals surface area contributed by atoms with Gasteiger partial charge in [0.1, 0.15) is 0 Å². The summed E-state index contributed by atoms with van der Waals surface area (Å²) < 4.78 is 12.4. The van der Waals surface area contributed by atoms with Crippen molar-refractivity contribution < 1.29 is 14.3 Å². The predicted octanol–water partition coefficient (Wildman–Crippen LogP) is 3.43. The van der Waals surface area contributed by atoms with Crippen molar-refractivity contribution in [3.63, 3.8) is 0 Å². The number of rotatable bonds is 5. The van der Waals surface area contributed by atoms with E-state index < -0.39 is 0 Å². The maximum atomic E-state index is 12.5. The van der Waals surface area contributed by atoms with Crippen LogP contribution < -0.4 is 14.8 Å². The molecule has 0 unspecified atom stereocenters. The molecule has 8 nitrogen and oxygen atoms in total. The normalized spacial score (nSPS) is 12.1. The number of amides is 1. The van der Waals surface area contributed by atoms with Crippen LogP contribution in [0.3, 0.4) is 0 Å². The molecular weight excluding hydrogens is 390 g/mol. The molecule has 2 aromatic carbocycles. The van der Waals surface area contributed by atoms with Crippen molar-refractivity contribution >= 4 is 22.4 Å². The van der Waals surface area contributed by atoms with Crippen molar-refractivity contribution in [2.75, 3.05) is 12.1 Å². The number of ether oxygens (including phenoxy) is 2. The molecule has 29 heavy (non-hydrogen) atoms. The molecule has 0 aliphatic carbocycles. The molecule has 144 valence electrons. The van der Waals surface area contributed by atoms with E-state index in [1.165, 1.54) is 11.3 Å². The second kappa shape index (κ2) is 7.36. The summed E-state index contributed by atoms with van der Waals surface area (Å²) in [6, 6.07) is 15.5. The van der Waals surface area contributed by atoms with Gasteiger partial charge in [-0.2, -0.15) is 0 Å². The number of anilines is 1. The monoisotopic (exact) mass is 405 g/mol. The van der Waals surface area contributed by atoms with E-state index in [-0.39, 0.29) is 18.4 Å². The number of nitrogens with zero attached hydrogens (tertiary/aromatic N) is 4. The molecule has 1 aliphatic rings. The SMILES string of the molecule is O=C(Nc1nc(-c2ccc3c(c2)OCO3)cs1)c1cn(Cc2ccccc2)nn1. The lowest BCUT2D eigenvalue weighted by atomic mass is 10.1. The van der Waals surface area contributed by atoms with Crippen molar-refractivity contribution in [3.05, 3.63) is 71.4 Å². The summed E-state index contributed by atoms with van der Waals surface area (Å²) in [5, 5.41) is 13.1. The Labute approximate surface area is 169 Å². The second-order valence-electron chi connectivity index (χ2n) is 6.35. The molecule has 2 aromatic heterocycles. The van der Waals surface area contributed by atoms with Gasteiger partial charge >= 0.3 is 0 Å². The highest BCUT2D eigenvalue weighted by Crippen LogP contribution is 2.36. The number of hydrogen-bond donors (Lipinski definition) is 1. The lowest BCUT2D eigenvalue weighted by molar-refractivity contribution is 0.102. The summed E-state index contributed by atoms with van der Waals surface area (Å²) >= 11 is 1.34. The van der Waals surface area contributed by atoms with E-state index in [9.17, 15) is 4.79 Å². The Morgan fingerprint density at radius 2 is 2.00 bits per heavy atom. The van der Waals surface area contributed by atoms with Gasteiger partial charge in [-0.1, -0.05) is 35.5 Å². The first-order valence-corrected chi connectivity index (χ1v) is 9.73. The van der Waals surface area contributed by atoms with E-state index in [2.05, 4.69) is 20.6 Å². The van der Waals surface area contributed by atoms with Gasteiger partial charge in [-0.05, 0) is 23.8 Å². The molecule has 5 rings (SSSR count). The van der Waals surface area contributed by atoms with Crippen LogP contribution in [0.1, 0.15) is 16.1 Å². The average molecular weight is 405 g/mol. The highest BCUT2D eigenvalue weighted by atomic mass is 32.1. The number of hydrogen-bond acceptors (Lipinski definition) is 7. The van der Waals surface area contributed by atoms with Crippen LogP contribution in [0.5, 0.6) is 11.5 Å². The lowest BCUT2D eigenvalue weighted by Gasteiger charge is -2.00. The van der Waals surface area contributed by atoms with Crippen LogP contribution in [-0.4, -0.2) is 32.7 Å². The van der Waals surface area contributed by atoms with Gasteiger partial charge in [-0.25, -0.2) is 9.67 Å². The number of benzene rings is 2. The van der Waals surface area contributed by atoms with Gasteiger partial charge in [0.15, 0.2) is 22.3 Å². The summed E-state index contributed by atoms with van der Waals surface area (Å²) in [6.07, 6.45) is 1.62. The zero-order valence-corrected chi connectivity index (χ0v) is 15.9. The molecule has 0 bridgehead atoms. The van der Waals surface area contributed by atoms with Crippen LogP contribution in [-0.2, 0) is 6.54 Å². The Morgan fingerprint density at radius 3 is 2.90 bits per heavy atom. The van der Waals surface area contributed by atoms with E-state index in [0.29, 0.717) is 17.4 Å². The van der Waals surface area contributed by atoms with E-state index in [0.717, 1.165) is 22.6 Å². The van der Waals surface area contributed by atoms with Crippen molar-refractivity contribution in [1.29, 1.82) is 0 Å². The fourth-order valence-electron chi connectivity index (χ4n) is 2.93. The molecule has 9 heteroatoms. The average Bonchev–Trinajstić information content (AvgIpc) is 3.49. The Hall–Kier alpha value is -3.72. The zero-order valence-electron chi connectivity index (χ0n) is 15.1. The predicted molar refractivity (Wildman–Crippen MR) is 107 cm³/mol. The maximum absolute atomic E-state index is 12.5. The van der Waals surface area contributed by atoms with Crippen LogP contribution in [0, 0.1) is 0 Å². The molecule has 1 aliphatic heterocycles. The minimum Gasteiger partial charge on any atom is -0.454 e. The molecule has 0 saturated carbocycles. The number of aromatic nitrogens is 4. The van der Waals surface area contributed by atoms with Crippen LogP contribution >= 0.6 is 11.3 Å². The smallest absolute Gasteiger partial charge is 0.279 e. The van der Waals surface area contributed by atoms with Crippen LogP contribution in [0.25, 0.3) is 11.3 Å². The standard InChI is InChI=1S/C20H15N5O3S/c26-19(15-10-25(24-23-15)9-13-4-2-1-3-5-13)22-20-21-16(11-29-20)14-6-7-17-18(8-14)28-12-27-17/h1-8,10-11H,9,12H2,(H,21,22,26). The van der Waals surface area contributed by atoms with Crippen molar-refractivity contribution in [3.8, 4) is 22.8 Å². The van der Waals surface area contributed by atoms with Gasteiger partial charge in [0, 0.05) is 10.9 Å². The molecule has 0 fully saturated rings. The van der Waals surface area contributed by atoms with E-state index >= 15 is 0 Å². The summed E-state index contributed by atoms with van der Waals surface area (Å²) in [6.45, 7) is 0.773. The first-order chi connectivity index (χ1) is 14.2. The summed E-state index contributed by atoms with van der Waals surface area (Å²) in [7, 11) is 0. The maximum Gasteiger partial charge on any atom is 0.279 e. The number of nitrogens with one attached hydrogen (secondary N) is 1. The Kier molecular flexibility index (Phi) is 4.41. The Bertz CT molecular complexity index is 1170. The molecule has 3 heterocycles. The molecule has 1 amide bonds. The van der Waals surface area contributed by atoms with Crippen molar-refractivity contribution in [2.45, 2.75) is 6.54 Å². The fourth-order valence-corrected chi connectivity index (χ4v) is 3.65. The zero-order chi connectivity index (χ0) is 19.6. The van der Waals surface area contributed by atoms with Gasteiger partial charge < -0.3 is 9.47 Å². The molecule has 0 saturated heterocycles. The number of carbonyl (C=O) groups excluding carboxylic acids is 1. The molecule has 0 atom stereocenters. The minimum absolute atomic E-state index is 0.224. The summed E-state index contributed by atoms with van der Waals surface area (Å²) in [5.74, 6) is 1.06. The molecular formula is C20H15N5O3S. The third-order valence-electron chi connectivity index (χ3n) is 4.35. The summed E-state index contributed by atoms with van der Waals surface area (Å²) in [4.78, 5) is 17.0. The Balaban J connectivity index is 1.27. The largest absolute Gasteiger partial charge is 0.454 e. The van der Waals surface area contributed by atoms with Gasteiger partial charge in [-0.15, -0.1) is 16.4 Å². The molecule has 0 spiro atoms. The minimum atomic E-state index is -0.351. The number of carbonyl (C=O) groups is 1. The van der Waals surface area contributed by atoms with Crippen molar-refractivity contribution in [1.82, 2.24) is 20.0 Å². The van der Waals surface area contributed by atoms with Crippen molar-refractivity contribution in [2.24, 2.45) is 0 Å². The quantitative estimate of drug-likeness (QED) is 0.547. The van der Waals surface area contributed by atoms with Gasteiger partial charge in [0.25, 0.3) is 5.91 Å². The first-order valence-electron chi connectivity index (χ1n) is 8.85. The first kappa shape index (κ1) is 17.4. The van der Waals surface area contributed by atoms with E-state index in [1.54, 1.807) is 10.9 Å². The summed E-state index contributed by atoms with van der Waals surface area (Å²) in [5.41, 5.74) is 2.95. The van der Waals surface area contributed by atoms with Crippen LogP contribution in [0.15, 0.2) is 60.1 Å². The van der Waals surface area contributed by atoms with Crippen LogP contribution in [0.2, 0.25) is 0 Å². The number of thiazole rings is 1. The molecule has 4 aromatic rings. The number of fused-ring (bicyclic) bond motifs is 1. The molecule has 1 N–H and O–H groups in total. The third kappa shape index (κ3) is 3.67. The van der Waals surface area contributed by atoms with E-state index in [4.69, 9.17) is 9.47 Å². The third-order valence-corrected chi connectivity index (χ3v) is 5.11. The second-order valence-corrected chi connectivity index (χ2v) is 7.21. The van der Waals surface area contributed by atoms with Gasteiger partial charge in [-0.3, -0.25) is 10.1 Å². The molecule has 0 radical (unpaired) electrons.